The van der Waals surface area contributed by atoms with E-state index < -0.39 is 5.97 Å². The van der Waals surface area contributed by atoms with E-state index in [9.17, 15) is 4.79 Å². The van der Waals surface area contributed by atoms with Gasteiger partial charge in [0.2, 0.25) is 0 Å². The second kappa shape index (κ2) is 11.8. The zero-order valence-corrected chi connectivity index (χ0v) is 16.7. The van der Waals surface area contributed by atoms with E-state index >= 15 is 0 Å². The quantitative estimate of drug-likeness (QED) is 0.132. The zero-order valence-electron chi connectivity index (χ0n) is 16.7. The molecule has 0 unspecified atom stereocenters. The summed E-state index contributed by atoms with van der Waals surface area (Å²) in [4.78, 5) is 12.3. The minimum atomic E-state index is -0.428. The molecule has 0 spiro atoms. The number of rotatable bonds is 11. The third-order valence-corrected chi connectivity index (χ3v) is 4.49. The van der Waals surface area contributed by atoms with E-state index in [0.29, 0.717) is 23.6 Å². The van der Waals surface area contributed by atoms with Gasteiger partial charge < -0.3 is 14.7 Å². The lowest BCUT2D eigenvalue weighted by Gasteiger charge is -2.08. The lowest BCUT2D eigenvalue weighted by atomic mass is 10.1. The van der Waals surface area contributed by atoms with Crippen LogP contribution in [-0.2, 0) is 0 Å². The van der Waals surface area contributed by atoms with E-state index in [4.69, 9.17) is 14.7 Å². The Hall–Kier alpha value is -2.82. The first-order chi connectivity index (χ1) is 13.6. The fourth-order valence-corrected chi connectivity index (χ4v) is 2.75. The van der Waals surface area contributed by atoms with Crippen molar-refractivity contribution >= 4 is 11.7 Å². The van der Waals surface area contributed by atoms with Crippen molar-refractivity contribution in [1.29, 1.82) is 0 Å². The molecule has 2 aromatic rings. The number of benzene rings is 2. The summed E-state index contributed by atoms with van der Waals surface area (Å²) in [5.41, 5.74) is 1.72. The van der Waals surface area contributed by atoms with Gasteiger partial charge in [-0.15, -0.1) is 0 Å². The molecule has 2 aromatic carbocycles. The van der Waals surface area contributed by atoms with Crippen LogP contribution in [0, 0.1) is 0 Å². The van der Waals surface area contributed by atoms with Crippen molar-refractivity contribution in [3.05, 3.63) is 59.7 Å². The highest BCUT2D eigenvalue weighted by Crippen LogP contribution is 2.17. The van der Waals surface area contributed by atoms with E-state index in [0.717, 1.165) is 17.7 Å². The molecule has 5 heteroatoms. The molecule has 0 radical (unpaired) electrons. The molecule has 0 aromatic heterocycles. The predicted octanol–water partition coefficient (Wildman–Crippen LogP) is 5.84. The summed E-state index contributed by atoms with van der Waals surface area (Å²) in [6, 6.07) is 13.8. The molecule has 5 nitrogen and oxygen atoms in total. The van der Waals surface area contributed by atoms with E-state index in [1.165, 1.54) is 32.1 Å². The van der Waals surface area contributed by atoms with Crippen LogP contribution in [0.25, 0.3) is 0 Å². The van der Waals surface area contributed by atoms with Gasteiger partial charge in [-0.25, -0.2) is 4.79 Å². The minimum absolute atomic E-state index is 0.428. The number of esters is 1. The monoisotopic (exact) mass is 383 g/mol. The SMILES string of the molecule is CCCCCCCCOc1ccc(C(=O)Oc2ccc(/C(C)=N/O)cc2)cc1. The van der Waals surface area contributed by atoms with Crippen molar-refractivity contribution in [2.24, 2.45) is 5.16 Å². The molecule has 0 aliphatic carbocycles. The summed E-state index contributed by atoms with van der Waals surface area (Å²) in [7, 11) is 0. The average Bonchev–Trinajstić information content (AvgIpc) is 2.73. The van der Waals surface area contributed by atoms with Gasteiger partial charge in [-0.05, 0) is 67.4 Å². The molecule has 1 N–H and O–H groups in total. The Labute approximate surface area is 167 Å². The number of oxime groups is 1. The number of hydrogen-bond acceptors (Lipinski definition) is 5. The second-order valence-corrected chi connectivity index (χ2v) is 6.74. The third-order valence-electron chi connectivity index (χ3n) is 4.49. The standard InChI is InChI=1S/C23H29NO4/c1-3-4-5-6-7-8-17-27-21-13-11-20(12-14-21)23(25)28-22-15-9-19(10-16-22)18(2)24-26/h9-16,26H,3-8,17H2,1-2H3/b24-18+. The topological polar surface area (TPSA) is 68.1 Å². The van der Waals surface area contributed by atoms with Gasteiger partial charge in [0.15, 0.2) is 0 Å². The Kier molecular flexibility index (Phi) is 9.05. The molecule has 2 rings (SSSR count). The molecule has 0 bridgehead atoms. The molecule has 0 saturated heterocycles. The van der Waals surface area contributed by atoms with Gasteiger partial charge in [0.1, 0.15) is 11.5 Å². The number of ether oxygens (including phenoxy) is 2. The van der Waals surface area contributed by atoms with Crippen LogP contribution in [0.1, 0.15) is 68.3 Å². The molecule has 0 heterocycles. The number of carbonyl (C=O) groups is 1. The Balaban J connectivity index is 1.78. The second-order valence-electron chi connectivity index (χ2n) is 6.74. The highest BCUT2D eigenvalue weighted by atomic mass is 16.5. The maximum Gasteiger partial charge on any atom is 0.343 e. The van der Waals surface area contributed by atoms with Crippen molar-refractivity contribution < 1.29 is 19.5 Å². The van der Waals surface area contributed by atoms with Crippen LogP contribution in [0.2, 0.25) is 0 Å². The van der Waals surface area contributed by atoms with Crippen molar-refractivity contribution in [2.45, 2.75) is 52.4 Å². The van der Waals surface area contributed by atoms with Gasteiger partial charge in [-0.2, -0.15) is 0 Å². The molecule has 0 aliphatic heterocycles. The predicted molar refractivity (Wildman–Crippen MR) is 111 cm³/mol. The van der Waals surface area contributed by atoms with Gasteiger partial charge in [0.05, 0.1) is 17.9 Å². The van der Waals surface area contributed by atoms with Crippen LogP contribution < -0.4 is 9.47 Å². The maximum atomic E-state index is 12.3. The highest BCUT2D eigenvalue weighted by Gasteiger charge is 2.09. The summed E-state index contributed by atoms with van der Waals surface area (Å²) in [5.74, 6) is 0.763. The molecular weight excluding hydrogens is 354 g/mol. The smallest absolute Gasteiger partial charge is 0.343 e. The molecule has 0 fully saturated rings. The zero-order chi connectivity index (χ0) is 20.2. The molecule has 0 saturated carbocycles. The first kappa shape index (κ1) is 21.5. The van der Waals surface area contributed by atoms with Crippen LogP contribution in [-0.4, -0.2) is 23.5 Å². The summed E-state index contributed by atoms with van der Waals surface area (Å²) < 4.78 is 11.1. The van der Waals surface area contributed by atoms with E-state index in [2.05, 4.69) is 12.1 Å². The van der Waals surface area contributed by atoms with Crippen LogP contribution in [0.4, 0.5) is 0 Å². The van der Waals surface area contributed by atoms with E-state index in [1.54, 1.807) is 55.5 Å². The molecule has 150 valence electrons. The van der Waals surface area contributed by atoms with E-state index in [-0.39, 0.29) is 0 Å². The molecule has 0 amide bonds. The lowest BCUT2D eigenvalue weighted by Crippen LogP contribution is -2.08. The van der Waals surface area contributed by atoms with Crippen LogP contribution in [0.15, 0.2) is 53.7 Å². The fourth-order valence-electron chi connectivity index (χ4n) is 2.75. The number of hydrogen-bond donors (Lipinski definition) is 1. The fraction of sp³-hybridized carbons (Fsp3) is 0.391. The Morgan fingerprint density at radius 2 is 1.43 bits per heavy atom. The molecule has 0 atom stereocenters. The summed E-state index contributed by atoms with van der Waals surface area (Å²) in [5, 5.41) is 11.9. The largest absolute Gasteiger partial charge is 0.494 e. The van der Waals surface area contributed by atoms with Crippen molar-refractivity contribution in [3.63, 3.8) is 0 Å². The molecular formula is C23H29NO4. The van der Waals surface area contributed by atoms with Gasteiger partial charge in [-0.1, -0.05) is 44.2 Å². The van der Waals surface area contributed by atoms with Gasteiger partial charge in [-0.3, -0.25) is 0 Å². The number of carbonyl (C=O) groups excluding carboxylic acids is 1. The Bertz CT molecular complexity index is 751. The number of nitrogens with zero attached hydrogens (tertiary/aromatic N) is 1. The first-order valence-electron chi connectivity index (χ1n) is 9.88. The van der Waals surface area contributed by atoms with E-state index in [1.807, 2.05) is 0 Å². The molecule has 0 aliphatic rings. The first-order valence-corrected chi connectivity index (χ1v) is 9.88. The summed E-state index contributed by atoms with van der Waals surface area (Å²) >= 11 is 0. The minimum Gasteiger partial charge on any atom is -0.494 e. The highest BCUT2D eigenvalue weighted by molar-refractivity contribution is 5.98. The Morgan fingerprint density at radius 3 is 2.07 bits per heavy atom. The Morgan fingerprint density at radius 1 is 0.857 bits per heavy atom. The van der Waals surface area contributed by atoms with Crippen molar-refractivity contribution in [1.82, 2.24) is 0 Å². The van der Waals surface area contributed by atoms with Crippen molar-refractivity contribution in [3.8, 4) is 11.5 Å². The van der Waals surface area contributed by atoms with Crippen LogP contribution in [0.5, 0.6) is 11.5 Å². The van der Waals surface area contributed by atoms with Gasteiger partial charge in [0.25, 0.3) is 0 Å². The van der Waals surface area contributed by atoms with Gasteiger partial charge in [0, 0.05) is 0 Å². The summed E-state index contributed by atoms with van der Waals surface area (Å²) in [6.07, 6.45) is 7.35. The van der Waals surface area contributed by atoms with Crippen LogP contribution >= 0.6 is 0 Å². The van der Waals surface area contributed by atoms with Crippen LogP contribution in [0.3, 0.4) is 0 Å². The summed E-state index contributed by atoms with van der Waals surface area (Å²) in [6.45, 7) is 4.60. The maximum absolute atomic E-state index is 12.3. The number of unbranched alkanes of at least 4 members (excludes halogenated alkanes) is 5. The third kappa shape index (κ3) is 7.06. The lowest BCUT2D eigenvalue weighted by molar-refractivity contribution is 0.0734. The average molecular weight is 383 g/mol. The van der Waals surface area contributed by atoms with Crippen molar-refractivity contribution in [2.75, 3.05) is 6.61 Å². The van der Waals surface area contributed by atoms with Gasteiger partial charge >= 0.3 is 5.97 Å². The normalized spacial score (nSPS) is 11.3. The molecule has 28 heavy (non-hydrogen) atoms.